The highest BCUT2D eigenvalue weighted by Gasteiger charge is 2.17. The molecule has 0 saturated heterocycles. The van der Waals surface area contributed by atoms with E-state index < -0.39 is 0 Å². The van der Waals surface area contributed by atoms with Crippen molar-refractivity contribution in [1.82, 2.24) is 4.90 Å². The van der Waals surface area contributed by atoms with Crippen LogP contribution in [0.3, 0.4) is 0 Å². The number of nitrogens with zero attached hydrogens (tertiary/aromatic N) is 1. The second-order valence-electron chi connectivity index (χ2n) is 4.65. The number of hydrogen-bond donors (Lipinski definition) is 1. The van der Waals surface area contributed by atoms with Gasteiger partial charge in [0.05, 0.1) is 12.8 Å². The molecule has 0 aliphatic rings. The number of halogens is 1. The molecule has 0 fully saturated rings. The molecule has 6 heteroatoms. The summed E-state index contributed by atoms with van der Waals surface area (Å²) in [5.41, 5.74) is 1.72. The SMILES string of the molecule is Cc1cc(NC(=O)CN(C)C(=O)c2ccco2)ccc1Br. The summed E-state index contributed by atoms with van der Waals surface area (Å²) in [6, 6.07) is 8.71. The van der Waals surface area contributed by atoms with Crippen LogP contribution in [0.15, 0.2) is 45.5 Å². The monoisotopic (exact) mass is 350 g/mol. The van der Waals surface area contributed by atoms with Gasteiger partial charge in [0.15, 0.2) is 5.76 Å². The van der Waals surface area contributed by atoms with Gasteiger partial charge >= 0.3 is 0 Å². The lowest BCUT2D eigenvalue weighted by atomic mass is 10.2. The Kier molecular flexibility index (Phi) is 4.80. The van der Waals surface area contributed by atoms with Gasteiger partial charge in [-0.3, -0.25) is 9.59 Å². The zero-order valence-corrected chi connectivity index (χ0v) is 13.3. The summed E-state index contributed by atoms with van der Waals surface area (Å²) in [6.45, 7) is 1.89. The fraction of sp³-hybridized carbons (Fsp3) is 0.200. The number of furan rings is 1. The third kappa shape index (κ3) is 3.95. The van der Waals surface area contributed by atoms with Crippen molar-refractivity contribution in [3.05, 3.63) is 52.4 Å². The van der Waals surface area contributed by atoms with Crippen molar-refractivity contribution in [3.63, 3.8) is 0 Å². The molecule has 1 N–H and O–H groups in total. The van der Waals surface area contributed by atoms with Gasteiger partial charge in [-0.1, -0.05) is 15.9 Å². The van der Waals surface area contributed by atoms with Gasteiger partial charge < -0.3 is 14.6 Å². The fourth-order valence-corrected chi connectivity index (χ4v) is 2.05. The number of aryl methyl sites for hydroxylation is 1. The molecule has 2 aromatic rings. The number of carbonyl (C=O) groups excluding carboxylic acids is 2. The Balaban J connectivity index is 1.95. The first-order valence-electron chi connectivity index (χ1n) is 6.32. The van der Waals surface area contributed by atoms with Gasteiger partial charge in [-0.25, -0.2) is 0 Å². The summed E-state index contributed by atoms with van der Waals surface area (Å²) in [5.74, 6) is -0.383. The average molecular weight is 351 g/mol. The molecular formula is C15H15BrN2O3. The van der Waals surface area contributed by atoms with E-state index in [9.17, 15) is 9.59 Å². The lowest BCUT2D eigenvalue weighted by Crippen LogP contribution is -2.34. The van der Waals surface area contributed by atoms with Gasteiger partial charge in [-0.2, -0.15) is 0 Å². The van der Waals surface area contributed by atoms with Gasteiger partial charge in [0.25, 0.3) is 5.91 Å². The van der Waals surface area contributed by atoms with E-state index in [1.165, 1.54) is 11.2 Å². The zero-order valence-electron chi connectivity index (χ0n) is 11.7. The van der Waals surface area contributed by atoms with Crippen molar-refractivity contribution in [3.8, 4) is 0 Å². The highest BCUT2D eigenvalue weighted by atomic mass is 79.9. The zero-order chi connectivity index (χ0) is 15.4. The number of carbonyl (C=O) groups is 2. The molecule has 0 aliphatic heterocycles. The molecule has 0 atom stereocenters. The Labute approximate surface area is 131 Å². The van der Waals surface area contributed by atoms with Crippen molar-refractivity contribution < 1.29 is 14.0 Å². The number of amides is 2. The molecule has 0 spiro atoms. The standard InChI is InChI=1S/C15H15BrN2O3/c1-10-8-11(5-6-12(10)16)17-14(19)9-18(2)15(20)13-4-3-7-21-13/h3-8H,9H2,1-2H3,(H,17,19). The lowest BCUT2D eigenvalue weighted by molar-refractivity contribution is -0.116. The van der Waals surface area contributed by atoms with Crippen molar-refractivity contribution in [1.29, 1.82) is 0 Å². The third-order valence-electron chi connectivity index (χ3n) is 2.90. The van der Waals surface area contributed by atoms with Crippen molar-refractivity contribution in [2.45, 2.75) is 6.92 Å². The Morgan fingerprint density at radius 2 is 2.10 bits per heavy atom. The first kappa shape index (κ1) is 15.3. The Bertz CT molecular complexity index is 653. The van der Waals surface area contributed by atoms with Crippen LogP contribution in [0.25, 0.3) is 0 Å². The predicted octanol–water partition coefficient (Wildman–Crippen LogP) is 3.06. The second kappa shape index (κ2) is 6.58. The van der Waals surface area contributed by atoms with E-state index >= 15 is 0 Å². The maximum atomic E-state index is 11.9. The lowest BCUT2D eigenvalue weighted by Gasteiger charge is -2.15. The maximum absolute atomic E-state index is 11.9. The molecule has 5 nitrogen and oxygen atoms in total. The second-order valence-corrected chi connectivity index (χ2v) is 5.50. The van der Waals surface area contributed by atoms with E-state index in [0.29, 0.717) is 5.69 Å². The molecule has 0 aliphatic carbocycles. The molecule has 0 unspecified atom stereocenters. The van der Waals surface area contributed by atoms with Crippen LogP contribution >= 0.6 is 15.9 Å². The first-order chi connectivity index (χ1) is 9.97. The molecule has 1 aromatic heterocycles. The van der Waals surface area contributed by atoms with Crippen LogP contribution in [0.5, 0.6) is 0 Å². The van der Waals surface area contributed by atoms with E-state index in [2.05, 4.69) is 21.2 Å². The highest BCUT2D eigenvalue weighted by Crippen LogP contribution is 2.19. The van der Waals surface area contributed by atoms with Crippen LogP contribution in [0.4, 0.5) is 5.69 Å². The van der Waals surface area contributed by atoms with Gasteiger partial charge in [-0.05, 0) is 42.8 Å². The predicted molar refractivity (Wildman–Crippen MR) is 83.2 cm³/mol. The molecule has 21 heavy (non-hydrogen) atoms. The van der Waals surface area contributed by atoms with Crippen LogP contribution in [0.1, 0.15) is 16.1 Å². The molecular weight excluding hydrogens is 336 g/mol. The minimum Gasteiger partial charge on any atom is -0.459 e. The smallest absolute Gasteiger partial charge is 0.289 e. The number of likely N-dealkylation sites (N-methyl/N-ethyl adjacent to an activating group) is 1. The summed E-state index contributed by atoms with van der Waals surface area (Å²) < 4.78 is 5.99. The van der Waals surface area contributed by atoms with Gasteiger partial charge in [-0.15, -0.1) is 0 Å². The number of nitrogens with one attached hydrogen (secondary N) is 1. The molecule has 110 valence electrons. The van der Waals surface area contributed by atoms with Crippen LogP contribution in [-0.2, 0) is 4.79 Å². The molecule has 0 saturated carbocycles. The van der Waals surface area contributed by atoms with Gasteiger partial charge in [0.2, 0.25) is 5.91 Å². The Morgan fingerprint density at radius 1 is 1.33 bits per heavy atom. The number of benzene rings is 1. The minimum absolute atomic E-state index is 0.0470. The summed E-state index contributed by atoms with van der Waals surface area (Å²) in [6.07, 6.45) is 1.42. The van der Waals surface area contributed by atoms with E-state index in [4.69, 9.17) is 4.42 Å². The molecule has 0 radical (unpaired) electrons. The normalized spacial score (nSPS) is 10.2. The number of hydrogen-bond acceptors (Lipinski definition) is 3. The third-order valence-corrected chi connectivity index (χ3v) is 3.79. The van der Waals surface area contributed by atoms with Crippen molar-refractivity contribution in [2.75, 3.05) is 18.9 Å². The molecule has 1 heterocycles. The molecule has 0 bridgehead atoms. The van der Waals surface area contributed by atoms with Crippen molar-refractivity contribution >= 4 is 33.4 Å². The Hall–Kier alpha value is -2.08. The highest BCUT2D eigenvalue weighted by molar-refractivity contribution is 9.10. The molecule has 1 aromatic carbocycles. The minimum atomic E-state index is -0.331. The summed E-state index contributed by atoms with van der Waals surface area (Å²) in [7, 11) is 1.55. The number of anilines is 1. The van der Waals surface area contributed by atoms with Crippen LogP contribution in [-0.4, -0.2) is 30.3 Å². The van der Waals surface area contributed by atoms with Crippen molar-refractivity contribution in [2.24, 2.45) is 0 Å². The summed E-state index contributed by atoms with van der Waals surface area (Å²) in [5, 5.41) is 2.76. The largest absolute Gasteiger partial charge is 0.459 e. The summed E-state index contributed by atoms with van der Waals surface area (Å²) >= 11 is 3.40. The number of rotatable bonds is 4. The summed E-state index contributed by atoms with van der Waals surface area (Å²) in [4.78, 5) is 25.2. The average Bonchev–Trinajstić information content (AvgIpc) is 2.96. The first-order valence-corrected chi connectivity index (χ1v) is 7.11. The van der Waals surface area contributed by atoms with Crippen LogP contribution in [0, 0.1) is 6.92 Å². The van der Waals surface area contributed by atoms with Gasteiger partial charge in [0, 0.05) is 17.2 Å². The molecule has 2 amide bonds. The Morgan fingerprint density at radius 3 is 2.71 bits per heavy atom. The maximum Gasteiger partial charge on any atom is 0.289 e. The van der Waals surface area contributed by atoms with E-state index in [1.54, 1.807) is 25.2 Å². The van der Waals surface area contributed by atoms with Gasteiger partial charge in [0.1, 0.15) is 0 Å². The van der Waals surface area contributed by atoms with E-state index in [0.717, 1.165) is 10.0 Å². The van der Waals surface area contributed by atoms with E-state index in [-0.39, 0.29) is 24.1 Å². The van der Waals surface area contributed by atoms with Crippen LogP contribution in [0.2, 0.25) is 0 Å². The quantitative estimate of drug-likeness (QED) is 0.921. The molecule has 2 rings (SSSR count). The van der Waals surface area contributed by atoms with Crippen LogP contribution < -0.4 is 5.32 Å². The van der Waals surface area contributed by atoms with E-state index in [1.807, 2.05) is 19.1 Å². The fourth-order valence-electron chi connectivity index (χ4n) is 1.80. The topological polar surface area (TPSA) is 62.6 Å².